The van der Waals surface area contributed by atoms with Gasteiger partial charge in [-0.1, -0.05) is 45.0 Å². The number of hydrogen-bond donors (Lipinski definition) is 1. The van der Waals surface area contributed by atoms with E-state index in [1.165, 1.54) is 6.08 Å². The molecule has 1 aromatic carbocycles. The quantitative estimate of drug-likeness (QED) is 0.651. The zero-order valence-electron chi connectivity index (χ0n) is 12.9. The summed E-state index contributed by atoms with van der Waals surface area (Å²) in [5.41, 5.74) is 1.02. The number of carboxylic acids is 1. The number of aliphatic carboxylic acids is 1. The SMILES string of the molecule is CC(C)(C)[Si](C)(C)Oc1ccccc1C/C=C/C(=O)O. The first kappa shape index (κ1) is 16.5. The second-order valence-corrected chi connectivity index (χ2v) is 11.1. The van der Waals surface area contributed by atoms with Gasteiger partial charge >= 0.3 is 5.97 Å². The Bertz CT molecular complexity index is 499. The van der Waals surface area contributed by atoms with Crippen molar-refractivity contribution in [2.24, 2.45) is 0 Å². The van der Waals surface area contributed by atoms with Crippen LogP contribution in [0.5, 0.6) is 5.75 Å². The minimum atomic E-state index is -1.88. The zero-order chi connectivity index (χ0) is 15.4. The van der Waals surface area contributed by atoms with Crippen molar-refractivity contribution in [3.05, 3.63) is 42.0 Å². The number of para-hydroxylation sites is 1. The molecule has 0 spiro atoms. The smallest absolute Gasteiger partial charge is 0.327 e. The number of benzene rings is 1. The second-order valence-electron chi connectivity index (χ2n) is 6.41. The summed E-state index contributed by atoms with van der Waals surface area (Å²) >= 11 is 0. The van der Waals surface area contributed by atoms with Gasteiger partial charge in [0, 0.05) is 6.08 Å². The predicted molar refractivity (Wildman–Crippen MR) is 84.7 cm³/mol. The Balaban J connectivity index is 2.94. The van der Waals surface area contributed by atoms with E-state index in [0.717, 1.165) is 11.3 Å². The van der Waals surface area contributed by atoms with Gasteiger partial charge in [0.25, 0.3) is 0 Å². The van der Waals surface area contributed by atoms with Gasteiger partial charge in [-0.15, -0.1) is 0 Å². The Morgan fingerprint density at radius 3 is 2.45 bits per heavy atom. The van der Waals surface area contributed by atoms with Crippen LogP contribution in [0.4, 0.5) is 0 Å². The first-order chi connectivity index (χ1) is 9.13. The van der Waals surface area contributed by atoms with Crippen LogP contribution in [0.3, 0.4) is 0 Å². The summed E-state index contributed by atoms with van der Waals surface area (Å²) in [6, 6.07) is 7.84. The summed E-state index contributed by atoms with van der Waals surface area (Å²) in [6.45, 7) is 11.0. The highest BCUT2D eigenvalue weighted by Gasteiger charge is 2.39. The van der Waals surface area contributed by atoms with Gasteiger partial charge in [0.15, 0.2) is 0 Å². The molecule has 0 heterocycles. The zero-order valence-corrected chi connectivity index (χ0v) is 13.9. The normalized spacial score (nSPS) is 12.7. The summed E-state index contributed by atoms with van der Waals surface area (Å²) in [5.74, 6) is -0.0538. The minimum absolute atomic E-state index is 0.136. The molecule has 0 saturated heterocycles. The first-order valence-electron chi connectivity index (χ1n) is 6.80. The minimum Gasteiger partial charge on any atom is -0.543 e. The van der Waals surface area contributed by atoms with Gasteiger partial charge < -0.3 is 9.53 Å². The standard InChI is InChI=1S/C16H24O3Si/c1-16(2,3)20(4,5)19-14-11-7-6-9-13(14)10-8-12-15(17)18/h6-9,11-12H,10H2,1-5H3,(H,17,18)/b12-8+. The van der Waals surface area contributed by atoms with E-state index in [-0.39, 0.29) is 5.04 Å². The number of rotatable bonds is 5. The number of allylic oxidation sites excluding steroid dienone is 1. The van der Waals surface area contributed by atoms with Gasteiger partial charge in [0.05, 0.1) is 0 Å². The predicted octanol–water partition coefficient (Wildman–Crippen LogP) is 4.25. The molecule has 20 heavy (non-hydrogen) atoms. The van der Waals surface area contributed by atoms with E-state index in [0.29, 0.717) is 6.42 Å². The fraction of sp³-hybridized carbons (Fsp3) is 0.438. The third-order valence-corrected chi connectivity index (χ3v) is 8.08. The van der Waals surface area contributed by atoms with Gasteiger partial charge in [-0.3, -0.25) is 0 Å². The van der Waals surface area contributed by atoms with E-state index >= 15 is 0 Å². The van der Waals surface area contributed by atoms with Crippen molar-refractivity contribution in [3.8, 4) is 5.75 Å². The van der Waals surface area contributed by atoms with Crippen molar-refractivity contribution >= 4 is 14.3 Å². The summed E-state index contributed by atoms with van der Waals surface area (Å²) in [6.07, 6.45) is 3.39. The molecule has 0 aliphatic rings. The molecule has 1 rings (SSSR count). The first-order valence-corrected chi connectivity index (χ1v) is 9.71. The van der Waals surface area contributed by atoms with Crippen molar-refractivity contribution in [2.45, 2.75) is 45.3 Å². The molecule has 0 bridgehead atoms. The molecule has 1 aromatic rings. The van der Waals surface area contributed by atoms with Crippen LogP contribution < -0.4 is 4.43 Å². The molecular weight excluding hydrogens is 268 g/mol. The van der Waals surface area contributed by atoms with E-state index in [1.807, 2.05) is 24.3 Å². The molecule has 110 valence electrons. The maximum Gasteiger partial charge on any atom is 0.327 e. The van der Waals surface area contributed by atoms with Gasteiger partial charge in [-0.05, 0) is 36.2 Å². The maximum atomic E-state index is 10.5. The Morgan fingerprint density at radius 2 is 1.90 bits per heavy atom. The number of carbonyl (C=O) groups is 1. The Morgan fingerprint density at radius 1 is 1.30 bits per heavy atom. The van der Waals surface area contributed by atoms with Crippen LogP contribution >= 0.6 is 0 Å². The second kappa shape index (κ2) is 6.26. The highest BCUT2D eigenvalue weighted by atomic mass is 28.4. The molecule has 0 saturated carbocycles. The van der Waals surface area contributed by atoms with Crippen molar-refractivity contribution in [1.82, 2.24) is 0 Å². The lowest BCUT2D eigenvalue weighted by atomic mass is 10.1. The van der Waals surface area contributed by atoms with E-state index in [2.05, 4.69) is 33.9 Å². The molecule has 0 aromatic heterocycles. The third kappa shape index (κ3) is 4.53. The molecule has 0 unspecified atom stereocenters. The van der Waals surface area contributed by atoms with Gasteiger partial charge in [-0.25, -0.2) is 4.79 Å². The van der Waals surface area contributed by atoms with Crippen molar-refractivity contribution in [2.75, 3.05) is 0 Å². The van der Waals surface area contributed by atoms with Crippen LogP contribution in [0.2, 0.25) is 18.1 Å². The van der Waals surface area contributed by atoms with Gasteiger partial charge in [0.1, 0.15) is 5.75 Å². The van der Waals surface area contributed by atoms with Crippen LogP contribution in [0.1, 0.15) is 26.3 Å². The number of carboxylic acid groups (broad SMARTS) is 1. The van der Waals surface area contributed by atoms with Crippen LogP contribution in [-0.4, -0.2) is 19.4 Å². The Labute approximate surface area is 122 Å². The van der Waals surface area contributed by atoms with Crippen molar-refractivity contribution < 1.29 is 14.3 Å². The maximum absolute atomic E-state index is 10.5. The largest absolute Gasteiger partial charge is 0.543 e. The molecule has 0 aliphatic carbocycles. The Kier molecular flexibility index (Phi) is 5.17. The average Bonchev–Trinajstić information content (AvgIpc) is 2.29. The van der Waals surface area contributed by atoms with Gasteiger partial charge in [0.2, 0.25) is 8.32 Å². The van der Waals surface area contributed by atoms with Crippen LogP contribution in [-0.2, 0) is 11.2 Å². The van der Waals surface area contributed by atoms with Gasteiger partial charge in [-0.2, -0.15) is 0 Å². The van der Waals surface area contributed by atoms with Crippen molar-refractivity contribution in [1.29, 1.82) is 0 Å². The van der Waals surface area contributed by atoms with Crippen molar-refractivity contribution in [3.63, 3.8) is 0 Å². The molecule has 0 radical (unpaired) electrons. The van der Waals surface area contributed by atoms with E-state index in [4.69, 9.17) is 9.53 Å². The molecule has 0 amide bonds. The number of hydrogen-bond acceptors (Lipinski definition) is 2. The Hall–Kier alpha value is -1.55. The van der Waals surface area contributed by atoms with E-state index < -0.39 is 14.3 Å². The highest BCUT2D eigenvalue weighted by molar-refractivity contribution is 6.74. The molecule has 3 nitrogen and oxygen atoms in total. The fourth-order valence-corrected chi connectivity index (χ4v) is 2.54. The monoisotopic (exact) mass is 292 g/mol. The lowest BCUT2D eigenvalue weighted by Gasteiger charge is -2.37. The van der Waals surface area contributed by atoms with E-state index in [9.17, 15) is 4.79 Å². The molecule has 0 aliphatic heterocycles. The molecule has 0 fully saturated rings. The highest BCUT2D eigenvalue weighted by Crippen LogP contribution is 2.38. The lowest BCUT2D eigenvalue weighted by molar-refractivity contribution is -0.131. The van der Waals surface area contributed by atoms with Crippen LogP contribution in [0.15, 0.2) is 36.4 Å². The molecular formula is C16H24O3Si. The summed E-state index contributed by atoms with van der Waals surface area (Å²) < 4.78 is 6.31. The molecule has 4 heteroatoms. The van der Waals surface area contributed by atoms with Crippen LogP contribution in [0, 0.1) is 0 Å². The summed E-state index contributed by atoms with van der Waals surface area (Å²) in [4.78, 5) is 10.5. The summed E-state index contributed by atoms with van der Waals surface area (Å²) in [5, 5.41) is 8.78. The topological polar surface area (TPSA) is 46.5 Å². The third-order valence-electron chi connectivity index (χ3n) is 3.74. The molecule has 0 atom stereocenters. The fourth-order valence-electron chi connectivity index (χ4n) is 1.49. The average molecular weight is 292 g/mol. The lowest BCUT2D eigenvalue weighted by Crippen LogP contribution is -2.44. The molecule has 1 N–H and O–H groups in total. The van der Waals surface area contributed by atoms with E-state index in [1.54, 1.807) is 6.08 Å². The summed E-state index contributed by atoms with van der Waals surface area (Å²) in [7, 11) is -1.88. The van der Waals surface area contributed by atoms with Crippen LogP contribution in [0.25, 0.3) is 0 Å².